The maximum Gasteiger partial charge on any atom is 0.161 e. The highest BCUT2D eigenvalue weighted by Crippen LogP contribution is 2.27. The molecule has 2 N–H and O–H groups in total. The number of halogens is 2. The summed E-state index contributed by atoms with van der Waals surface area (Å²) >= 11 is 6.00. The van der Waals surface area contributed by atoms with Gasteiger partial charge in [-0.15, -0.1) is 0 Å². The first kappa shape index (κ1) is 13.8. The van der Waals surface area contributed by atoms with Crippen LogP contribution in [0.4, 0.5) is 4.39 Å². The summed E-state index contributed by atoms with van der Waals surface area (Å²) in [5, 5.41) is 4.48. The Morgan fingerprint density at radius 2 is 2.26 bits per heavy atom. The monoisotopic (exact) mass is 283 g/mol. The van der Waals surface area contributed by atoms with Gasteiger partial charge in [0, 0.05) is 12.1 Å². The van der Waals surface area contributed by atoms with Gasteiger partial charge in [0.25, 0.3) is 0 Å². The lowest BCUT2D eigenvalue weighted by Gasteiger charge is -2.15. The number of rotatable bonds is 4. The van der Waals surface area contributed by atoms with E-state index in [9.17, 15) is 4.39 Å². The number of nitrogens with zero attached hydrogens (tertiary/aromatic N) is 2. The third-order valence-corrected chi connectivity index (χ3v) is 3.33. The lowest BCUT2D eigenvalue weighted by atomic mass is 10.0. The fourth-order valence-electron chi connectivity index (χ4n) is 2.03. The van der Waals surface area contributed by atoms with Crippen molar-refractivity contribution in [2.75, 3.05) is 7.11 Å². The molecule has 0 amide bonds. The molecule has 6 heteroatoms. The maximum absolute atomic E-state index is 13.0. The van der Waals surface area contributed by atoms with Crippen molar-refractivity contribution in [1.29, 1.82) is 0 Å². The van der Waals surface area contributed by atoms with Crippen LogP contribution in [0.5, 0.6) is 5.75 Å². The molecule has 4 nitrogen and oxygen atoms in total. The third kappa shape index (κ3) is 2.88. The Hall–Kier alpha value is -1.59. The summed E-state index contributed by atoms with van der Waals surface area (Å²) in [5.41, 5.74) is 7.73. The highest BCUT2D eigenvalue weighted by atomic mass is 35.5. The van der Waals surface area contributed by atoms with Gasteiger partial charge >= 0.3 is 0 Å². The van der Waals surface area contributed by atoms with Crippen LogP contribution in [0.1, 0.15) is 17.3 Å². The molecule has 1 atom stereocenters. The Morgan fingerprint density at radius 1 is 1.53 bits per heavy atom. The molecule has 0 aliphatic rings. The second-order valence-corrected chi connectivity index (χ2v) is 4.68. The van der Waals surface area contributed by atoms with Crippen LogP contribution in [0.15, 0.2) is 24.4 Å². The summed E-state index contributed by atoms with van der Waals surface area (Å²) in [6.07, 6.45) is 2.09. The number of aromatic nitrogens is 2. The van der Waals surface area contributed by atoms with Gasteiger partial charge in [0.1, 0.15) is 5.82 Å². The Morgan fingerprint density at radius 3 is 2.89 bits per heavy atom. The molecular weight excluding hydrogens is 269 g/mol. The van der Waals surface area contributed by atoms with Crippen molar-refractivity contribution in [2.45, 2.75) is 12.5 Å². The second-order valence-electron chi connectivity index (χ2n) is 4.27. The summed E-state index contributed by atoms with van der Waals surface area (Å²) in [4.78, 5) is 0. The number of aryl methyl sites for hydroxylation is 1. The molecule has 0 aliphatic heterocycles. The predicted octanol–water partition coefficient (Wildman–Crippen LogP) is 2.46. The highest BCUT2D eigenvalue weighted by Gasteiger charge is 2.18. The quantitative estimate of drug-likeness (QED) is 0.938. The summed E-state index contributed by atoms with van der Waals surface area (Å²) < 4.78 is 19.9. The van der Waals surface area contributed by atoms with Gasteiger partial charge in [0.05, 0.1) is 25.0 Å². The van der Waals surface area contributed by atoms with E-state index in [4.69, 9.17) is 22.1 Å². The molecule has 0 fully saturated rings. The topological polar surface area (TPSA) is 53.1 Å². The van der Waals surface area contributed by atoms with Gasteiger partial charge in [-0.3, -0.25) is 4.68 Å². The predicted molar refractivity (Wildman–Crippen MR) is 71.8 cm³/mol. The van der Waals surface area contributed by atoms with Crippen LogP contribution in [0.2, 0.25) is 5.02 Å². The van der Waals surface area contributed by atoms with Gasteiger partial charge in [0.15, 0.2) is 5.75 Å². The fraction of sp³-hybridized carbons (Fsp3) is 0.308. The molecule has 1 aromatic carbocycles. The van der Waals surface area contributed by atoms with Gasteiger partial charge in [-0.1, -0.05) is 17.7 Å². The normalized spacial score (nSPS) is 12.5. The molecule has 0 radical (unpaired) electrons. The molecule has 0 saturated carbocycles. The van der Waals surface area contributed by atoms with Crippen LogP contribution in [0, 0.1) is 5.82 Å². The number of ether oxygens (including phenoxy) is 1. The van der Waals surface area contributed by atoms with Gasteiger partial charge in [0.2, 0.25) is 0 Å². The van der Waals surface area contributed by atoms with Crippen LogP contribution in [-0.4, -0.2) is 16.9 Å². The molecular formula is C13H15ClFN3O. The second kappa shape index (κ2) is 5.59. The number of methoxy groups -OCH3 is 1. The summed E-state index contributed by atoms with van der Waals surface area (Å²) in [7, 11) is 3.36. The lowest BCUT2D eigenvalue weighted by molar-refractivity contribution is 0.402. The van der Waals surface area contributed by atoms with Crippen molar-refractivity contribution in [3.05, 3.63) is 46.5 Å². The van der Waals surface area contributed by atoms with E-state index in [1.165, 1.54) is 12.1 Å². The van der Waals surface area contributed by atoms with E-state index in [1.54, 1.807) is 31.1 Å². The van der Waals surface area contributed by atoms with Crippen LogP contribution in [-0.2, 0) is 13.5 Å². The first-order chi connectivity index (χ1) is 9.02. The van der Waals surface area contributed by atoms with Crippen molar-refractivity contribution in [1.82, 2.24) is 9.78 Å². The minimum absolute atomic E-state index is 0.328. The summed E-state index contributed by atoms with van der Waals surface area (Å²) in [6, 6.07) is 3.96. The Kier molecular flexibility index (Phi) is 4.07. The SMILES string of the molecule is COc1cnn(C)c1C(N)Cc1ccc(F)cc1Cl. The van der Waals surface area contributed by atoms with Crippen molar-refractivity contribution in [3.8, 4) is 5.75 Å². The van der Waals surface area contributed by atoms with E-state index in [-0.39, 0.29) is 11.9 Å². The number of hydrogen-bond acceptors (Lipinski definition) is 3. The molecule has 0 aliphatic carbocycles. The van der Waals surface area contributed by atoms with Crippen LogP contribution in [0.3, 0.4) is 0 Å². The Balaban J connectivity index is 2.25. The van der Waals surface area contributed by atoms with Crippen LogP contribution < -0.4 is 10.5 Å². The third-order valence-electron chi connectivity index (χ3n) is 2.98. The lowest BCUT2D eigenvalue weighted by Crippen LogP contribution is -2.18. The standard InChI is InChI=1S/C13H15ClFN3O/c1-18-13(12(19-2)7-17-18)11(16)5-8-3-4-9(15)6-10(8)14/h3-4,6-7,11H,5,16H2,1-2H3. The van der Waals surface area contributed by atoms with E-state index in [1.807, 2.05) is 0 Å². The van der Waals surface area contributed by atoms with E-state index in [2.05, 4.69) is 5.10 Å². The highest BCUT2D eigenvalue weighted by molar-refractivity contribution is 6.31. The van der Waals surface area contributed by atoms with Crippen LogP contribution in [0.25, 0.3) is 0 Å². The number of nitrogens with two attached hydrogens (primary N) is 1. The smallest absolute Gasteiger partial charge is 0.161 e. The van der Waals surface area contributed by atoms with E-state index < -0.39 is 0 Å². The minimum atomic E-state index is -0.361. The van der Waals surface area contributed by atoms with E-state index >= 15 is 0 Å². The van der Waals surface area contributed by atoms with E-state index in [0.29, 0.717) is 17.2 Å². The fourth-order valence-corrected chi connectivity index (χ4v) is 2.27. The summed E-state index contributed by atoms with van der Waals surface area (Å²) in [5.74, 6) is 0.272. The van der Waals surface area contributed by atoms with Crippen molar-refractivity contribution in [2.24, 2.45) is 12.8 Å². The first-order valence-electron chi connectivity index (χ1n) is 5.78. The van der Waals surface area contributed by atoms with Gasteiger partial charge in [-0.2, -0.15) is 5.10 Å². The number of hydrogen-bond donors (Lipinski definition) is 1. The summed E-state index contributed by atoms with van der Waals surface area (Å²) in [6.45, 7) is 0. The average molecular weight is 284 g/mol. The molecule has 1 heterocycles. The average Bonchev–Trinajstić information content (AvgIpc) is 2.74. The van der Waals surface area contributed by atoms with Gasteiger partial charge < -0.3 is 10.5 Å². The number of benzene rings is 1. The maximum atomic E-state index is 13.0. The zero-order valence-electron chi connectivity index (χ0n) is 10.7. The molecule has 0 spiro atoms. The van der Waals surface area contributed by atoms with E-state index in [0.717, 1.165) is 11.3 Å². The molecule has 1 aromatic heterocycles. The van der Waals surface area contributed by atoms with Gasteiger partial charge in [-0.25, -0.2) is 4.39 Å². The molecule has 0 bridgehead atoms. The molecule has 1 unspecified atom stereocenters. The molecule has 2 rings (SSSR count). The molecule has 2 aromatic rings. The minimum Gasteiger partial charge on any atom is -0.493 e. The van der Waals surface area contributed by atoms with Crippen molar-refractivity contribution >= 4 is 11.6 Å². The largest absolute Gasteiger partial charge is 0.493 e. The zero-order chi connectivity index (χ0) is 14.0. The molecule has 19 heavy (non-hydrogen) atoms. The molecule has 102 valence electrons. The Labute approximate surface area is 115 Å². The zero-order valence-corrected chi connectivity index (χ0v) is 11.5. The van der Waals surface area contributed by atoms with Crippen LogP contribution >= 0.6 is 11.6 Å². The first-order valence-corrected chi connectivity index (χ1v) is 6.16. The van der Waals surface area contributed by atoms with Crippen molar-refractivity contribution < 1.29 is 9.13 Å². The Bertz CT molecular complexity index is 585. The van der Waals surface area contributed by atoms with Crippen molar-refractivity contribution in [3.63, 3.8) is 0 Å². The molecule has 0 saturated heterocycles. The van der Waals surface area contributed by atoms with Gasteiger partial charge in [-0.05, 0) is 24.1 Å².